The highest BCUT2D eigenvalue weighted by atomic mass is 28.4. The van der Waals surface area contributed by atoms with E-state index in [1.165, 1.54) is 7.11 Å². The van der Waals surface area contributed by atoms with Crippen molar-refractivity contribution in [3.8, 4) is 17.2 Å². The topological polar surface area (TPSA) is 147 Å². The van der Waals surface area contributed by atoms with Crippen LogP contribution in [0, 0.1) is 0 Å². The van der Waals surface area contributed by atoms with Crippen molar-refractivity contribution in [2.75, 3.05) is 13.7 Å². The maximum atomic E-state index is 11.0. The van der Waals surface area contributed by atoms with E-state index in [1.807, 2.05) is 18.2 Å². The van der Waals surface area contributed by atoms with Gasteiger partial charge in [0.2, 0.25) is 0 Å². The van der Waals surface area contributed by atoms with Crippen molar-refractivity contribution in [2.45, 2.75) is 76.4 Å². The lowest BCUT2D eigenvalue weighted by molar-refractivity contribution is 0.227. The largest absolute Gasteiger partial charge is 0.507 e. The number of benzene rings is 2. The van der Waals surface area contributed by atoms with Gasteiger partial charge in [0.1, 0.15) is 5.75 Å². The van der Waals surface area contributed by atoms with Crippen LogP contribution in [-0.2, 0) is 5.41 Å². The van der Waals surface area contributed by atoms with Gasteiger partial charge in [-0.05, 0) is 54.5 Å². The second kappa shape index (κ2) is 13.3. The quantitative estimate of drug-likeness (QED) is 0.170. The Labute approximate surface area is 231 Å². The molecule has 0 aromatic heterocycles. The van der Waals surface area contributed by atoms with Crippen molar-refractivity contribution in [2.24, 2.45) is 15.0 Å². The van der Waals surface area contributed by atoms with Crippen LogP contribution < -0.4 is 4.74 Å². The lowest BCUT2D eigenvalue weighted by Crippen LogP contribution is -2.34. The monoisotopic (exact) mass is 555 g/mol. The highest BCUT2D eigenvalue weighted by Crippen LogP contribution is 2.31. The summed E-state index contributed by atoms with van der Waals surface area (Å²) in [6, 6.07) is 8.94. The molecule has 10 heteroatoms. The number of aliphatic imine (C=N–C) groups is 3. The molecule has 2 aromatic rings. The van der Waals surface area contributed by atoms with E-state index in [-0.39, 0.29) is 35.0 Å². The van der Waals surface area contributed by atoms with Gasteiger partial charge in [-0.25, -0.2) is 0 Å². The molecule has 0 unspecified atom stereocenters. The predicted octanol–water partition coefficient (Wildman–Crippen LogP) is 3.98. The fourth-order valence-corrected chi connectivity index (χ4v) is 5.11. The fraction of sp³-hybridized carbons (Fsp3) is 0.483. The normalized spacial score (nSPS) is 18.9. The van der Waals surface area contributed by atoms with Gasteiger partial charge >= 0.3 is 8.80 Å². The second-order valence-corrected chi connectivity index (χ2v) is 13.1. The number of para-hydroxylation sites is 1. The molecule has 1 aliphatic rings. The summed E-state index contributed by atoms with van der Waals surface area (Å²) in [5.41, 5.74) is 2.58. The summed E-state index contributed by atoms with van der Waals surface area (Å²) < 4.78 is 5.19. The van der Waals surface area contributed by atoms with Crippen molar-refractivity contribution >= 4 is 27.4 Å². The molecule has 0 heterocycles. The molecule has 3 rings (SSSR count). The summed E-state index contributed by atoms with van der Waals surface area (Å²) in [4.78, 5) is 41.4. The molecule has 1 aliphatic carbocycles. The van der Waals surface area contributed by atoms with E-state index in [1.54, 1.807) is 30.8 Å². The number of phenolic OH excluding ortho intramolecular Hbond substituents is 2. The van der Waals surface area contributed by atoms with E-state index in [4.69, 9.17) is 29.1 Å². The third-order valence-electron chi connectivity index (χ3n) is 6.82. The molecule has 212 valence electrons. The Bertz CT molecular complexity index is 1200. The molecule has 2 atom stereocenters. The van der Waals surface area contributed by atoms with Crippen LogP contribution >= 0.6 is 0 Å². The summed E-state index contributed by atoms with van der Waals surface area (Å²) in [5, 5.41) is 21.4. The summed E-state index contributed by atoms with van der Waals surface area (Å²) >= 11 is 0. The first kappa shape index (κ1) is 30.5. The standard InChI is InChI=1S/C29H41N3O6Si/c1-29(2,3)23-15-21(17-30-13-8-14-39(35,36)37)27(33)22(16-23)19-32-25-11-6-5-10-24(25)31-18-20-9-7-12-26(38-4)28(20)34/h7,9,12,15-19,24-25,33-37H,5-6,8,10-11,13-14H2,1-4H3/t24-,25+/m0/s1. The zero-order valence-electron chi connectivity index (χ0n) is 23.2. The number of hydrogen-bond donors (Lipinski definition) is 5. The average Bonchev–Trinajstić information content (AvgIpc) is 2.87. The molecule has 0 saturated heterocycles. The molecular weight excluding hydrogens is 514 g/mol. The summed E-state index contributed by atoms with van der Waals surface area (Å²) in [5.74, 6) is 0.530. The maximum absolute atomic E-state index is 11.0. The van der Waals surface area contributed by atoms with Gasteiger partial charge in [-0.15, -0.1) is 0 Å². The summed E-state index contributed by atoms with van der Waals surface area (Å²) in [7, 11) is -2.56. The van der Waals surface area contributed by atoms with Gasteiger partial charge < -0.3 is 29.3 Å². The second-order valence-electron chi connectivity index (χ2n) is 11.0. The minimum Gasteiger partial charge on any atom is -0.507 e. The van der Waals surface area contributed by atoms with Crippen LogP contribution in [0.4, 0.5) is 0 Å². The lowest BCUT2D eigenvalue weighted by Gasteiger charge is -2.26. The van der Waals surface area contributed by atoms with Crippen LogP contribution in [0.1, 0.15) is 75.1 Å². The zero-order chi connectivity index (χ0) is 28.6. The molecule has 9 nitrogen and oxygen atoms in total. The molecule has 1 saturated carbocycles. The van der Waals surface area contributed by atoms with Crippen LogP contribution in [0.5, 0.6) is 17.2 Å². The van der Waals surface area contributed by atoms with Crippen LogP contribution in [0.15, 0.2) is 45.3 Å². The van der Waals surface area contributed by atoms with E-state index < -0.39 is 8.80 Å². The van der Waals surface area contributed by atoms with E-state index >= 15 is 0 Å². The Morgan fingerprint density at radius 1 is 0.897 bits per heavy atom. The Balaban J connectivity index is 1.83. The molecule has 39 heavy (non-hydrogen) atoms. The minimum atomic E-state index is -4.07. The Morgan fingerprint density at radius 2 is 1.49 bits per heavy atom. The van der Waals surface area contributed by atoms with Crippen LogP contribution in [0.2, 0.25) is 6.04 Å². The number of nitrogens with zero attached hydrogens (tertiary/aromatic N) is 3. The maximum Gasteiger partial charge on any atom is 0.492 e. The number of ether oxygens (including phenoxy) is 1. The third-order valence-corrected chi connectivity index (χ3v) is 7.84. The van der Waals surface area contributed by atoms with Gasteiger partial charge in [0.15, 0.2) is 11.5 Å². The van der Waals surface area contributed by atoms with Crippen molar-refractivity contribution in [1.82, 2.24) is 0 Å². The fourth-order valence-electron chi connectivity index (χ4n) is 4.48. The first-order chi connectivity index (χ1) is 18.4. The smallest absolute Gasteiger partial charge is 0.492 e. The highest BCUT2D eigenvalue weighted by Gasteiger charge is 2.26. The molecular formula is C29H41N3O6Si. The molecule has 2 aromatic carbocycles. The van der Waals surface area contributed by atoms with Crippen molar-refractivity contribution < 1.29 is 29.3 Å². The molecule has 0 amide bonds. The SMILES string of the molecule is COc1cccc(C=N[C@H]2CCCC[C@H]2N=Cc2cc(C(C)(C)C)cc(C=NCCC[Si](O)(O)O)c2O)c1O. The number of methoxy groups -OCH3 is 1. The van der Waals surface area contributed by atoms with Crippen LogP contribution in [0.3, 0.4) is 0 Å². The Hall–Kier alpha value is -3.05. The van der Waals surface area contributed by atoms with Gasteiger partial charge in [0.25, 0.3) is 0 Å². The van der Waals surface area contributed by atoms with Gasteiger partial charge in [0.05, 0.1) is 19.2 Å². The number of hydrogen-bond acceptors (Lipinski definition) is 9. The molecule has 0 radical (unpaired) electrons. The molecule has 0 bridgehead atoms. The van der Waals surface area contributed by atoms with Gasteiger partial charge in [0, 0.05) is 47.9 Å². The number of aromatic hydroxyl groups is 2. The third kappa shape index (κ3) is 8.99. The van der Waals surface area contributed by atoms with E-state index in [9.17, 15) is 10.2 Å². The Morgan fingerprint density at radius 3 is 2.05 bits per heavy atom. The van der Waals surface area contributed by atoms with Crippen LogP contribution in [-0.4, -0.2) is 77.8 Å². The van der Waals surface area contributed by atoms with Crippen molar-refractivity contribution in [1.29, 1.82) is 0 Å². The minimum absolute atomic E-state index is 0.0465. The first-order valence-electron chi connectivity index (χ1n) is 13.4. The molecule has 0 spiro atoms. The molecule has 1 fully saturated rings. The highest BCUT2D eigenvalue weighted by molar-refractivity contribution is 6.56. The Kier molecular flexibility index (Phi) is 10.4. The number of phenols is 2. The predicted molar refractivity (Wildman–Crippen MR) is 157 cm³/mol. The molecule has 0 aliphatic heterocycles. The first-order valence-corrected chi connectivity index (χ1v) is 15.4. The molecule has 5 N–H and O–H groups in total. The van der Waals surface area contributed by atoms with E-state index in [0.29, 0.717) is 35.4 Å². The van der Waals surface area contributed by atoms with Crippen LogP contribution in [0.25, 0.3) is 0 Å². The van der Waals surface area contributed by atoms with Crippen molar-refractivity contribution in [3.63, 3.8) is 0 Å². The van der Waals surface area contributed by atoms with Gasteiger partial charge in [-0.1, -0.05) is 39.7 Å². The van der Waals surface area contributed by atoms with Gasteiger partial charge in [-0.3, -0.25) is 15.0 Å². The van der Waals surface area contributed by atoms with Gasteiger partial charge in [-0.2, -0.15) is 0 Å². The number of rotatable bonds is 10. The van der Waals surface area contributed by atoms with Crippen molar-refractivity contribution in [3.05, 3.63) is 52.6 Å². The lowest BCUT2D eigenvalue weighted by atomic mass is 9.85. The average molecular weight is 556 g/mol. The summed E-state index contributed by atoms with van der Waals surface area (Å²) in [6.45, 7) is 6.57. The van der Waals surface area contributed by atoms with E-state index in [0.717, 1.165) is 31.2 Å². The zero-order valence-corrected chi connectivity index (χ0v) is 24.2. The van der Waals surface area contributed by atoms with E-state index in [2.05, 4.69) is 25.8 Å². The summed E-state index contributed by atoms with van der Waals surface area (Å²) in [6.07, 6.45) is 9.16.